The number of halogens is 1. The van der Waals surface area contributed by atoms with Gasteiger partial charge in [-0.05, 0) is 36.4 Å². The zero-order valence-corrected chi connectivity index (χ0v) is 13.6. The van der Waals surface area contributed by atoms with Crippen molar-refractivity contribution in [2.45, 2.75) is 0 Å². The molecule has 5 nitrogen and oxygen atoms in total. The number of anilines is 3. The van der Waals surface area contributed by atoms with E-state index in [1.807, 2.05) is 24.3 Å². The van der Waals surface area contributed by atoms with Crippen molar-refractivity contribution in [2.24, 2.45) is 0 Å². The Morgan fingerprint density at radius 2 is 1.88 bits per heavy atom. The molecule has 2 aliphatic rings. The van der Waals surface area contributed by atoms with Gasteiger partial charge in [-0.2, -0.15) is 0 Å². The third-order valence-electron chi connectivity index (χ3n) is 4.40. The smallest absolute Gasteiger partial charge is 0.257 e. The lowest BCUT2D eigenvalue weighted by atomic mass is 10.1. The van der Waals surface area contributed by atoms with Crippen LogP contribution in [0.3, 0.4) is 0 Å². The zero-order valence-electron chi connectivity index (χ0n) is 13.6. The molecule has 128 valence electrons. The highest BCUT2D eigenvalue weighted by molar-refractivity contribution is 6.31. The summed E-state index contributed by atoms with van der Waals surface area (Å²) in [4.78, 5) is 14.3. The molecule has 0 aromatic heterocycles. The maximum atomic E-state index is 14.0. The molecule has 0 aliphatic carbocycles. The van der Waals surface area contributed by atoms with Gasteiger partial charge >= 0.3 is 0 Å². The number of rotatable bonds is 3. The molecule has 4 rings (SSSR count). The topological polar surface area (TPSA) is 53.6 Å². The van der Waals surface area contributed by atoms with Crippen LogP contribution in [-0.2, 0) is 9.53 Å². The van der Waals surface area contributed by atoms with E-state index in [0.29, 0.717) is 16.8 Å². The molecular formula is C19H18FN3O2. The average molecular weight is 339 g/mol. The molecule has 1 fully saturated rings. The third-order valence-corrected chi connectivity index (χ3v) is 4.40. The Morgan fingerprint density at radius 1 is 1.12 bits per heavy atom. The van der Waals surface area contributed by atoms with Crippen LogP contribution >= 0.6 is 0 Å². The van der Waals surface area contributed by atoms with E-state index < -0.39 is 5.82 Å². The maximum Gasteiger partial charge on any atom is 0.257 e. The van der Waals surface area contributed by atoms with Crippen molar-refractivity contribution in [2.75, 3.05) is 41.8 Å². The number of carbonyl (C=O) groups excluding carboxylic acids is 1. The van der Waals surface area contributed by atoms with Gasteiger partial charge in [0.05, 0.1) is 24.5 Å². The number of hydrogen-bond donors (Lipinski definition) is 2. The van der Waals surface area contributed by atoms with Gasteiger partial charge < -0.3 is 20.3 Å². The molecule has 1 amide bonds. The Kier molecular flexibility index (Phi) is 4.11. The van der Waals surface area contributed by atoms with Gasteiger partial charge in [-0.25, -0.2) is 4.39 Å². The van der Waals surface area contributed by atoms with Crippen LogP contribution in [0.25, 0.3) is 5.57 Å². The maximum absolute atomic E-state index is 14.0. The van der Waals surface area contributed by atoms with Crippen molar-refractivity contribution in [3.63, 3.8) is 0 Å². The molecule has 1 saturated heterocycles. The van der Waals surface area contributed by atoms with E-state index in [0.717, 1.165) is 37.7 Å². The molecule has 25 heavy (non-hydrogen) atoms. The third kappa shape index (κ3) is 3.08. The summed E-state index contributed by atoms with van der Waals surface area (Å²) in [6.07, 6.45) is 1.55. The fourth-order valence-electron chi connectivity index (χ4n) is 3.09. The van der Waals surface area contributed by atoms with Gasteiger partial charge in [0.25, 0.3) is 5.91 Å². The van der Waals surface area contributed by atoms with Crippen LogP contribution in [0, 0.1) is 5.82 Å². The lowest BCUT2D eigenvalue weighted by molar-refractivity contribution is -0.110. The molecule has 2 aliphatic heterocycles. The Balaban J connectivity index is 1.51. The van der Waals surface area contributed by atoms with E-state index in [9.17, 15) is 9.18 Å². The van der Waals surface area contributed by atoms with E-state index in [1.54, 1.807) is 18.3 Å². The van der Waals surface area contributed by atoms with Crippen LogP contribution in [0.15, 0.2) is 48.7 Å². The first kappa shape index (κ1) is 15.7. The van der Waals surface area contributed by atoms with Crippen molar-refractivity contribution < 1.29 is 13.9 Å². The summed E-state index contributed by atoms with van der Waals surface area (Å²) in [7, 11) is 0. The van der Waals surface area contributed by atoms with Gasteiger partial charge in [-0.3, -0.25) is 4.79 Å². The fourth-order valence-corrected chi connectivity index (χ4v) is 3.09. The van der Waals surface area contributed by atoms with Crippen molar-refractivity contribution in [3.05, 3.63) is 60.0 Å². The summed E-state index contributed by atoms with van der Waals surface area (Å²) in [5.41, 5.74) is 3.08. The first-order chi connectivity index (χ1) is 12.2. The molecule has 0 bridgehead atoms. The highest BCUT2D eigenvalue weighted by Gasteiger charge is 2.27. The SMILES string of the molecule is O=C1Nc2cccc(F)c2C1=CNc1ccc(N2CCOCC2)cc1. The van der Waals surface area contributed by atoms with Gasteiger partial charge in [0.15, 0.2) is 0 Å². The Morgan fingerprint density at radius 3 is 2.64 bits per heavy atom. The predicted octanol–water partition coefficient (Wildman–Crippen LogP) is 3.07. The number of nitrogens with zero attached hydrogens (tertiary/aromatic N) is 1. The Hall–Kier alpha value is -2.86. The van der Waals surface area contributed by atoms with Gasteiger partial charge in [0.1, 0.15) is 5.82 Å². The second-order valence-electron chi connectivity index (χ2n) is 5.97. The van der Waals surface area contributed by atoms with Gasteiger partial charge in [-0.1, -0.05) is 6.07 Å². The van der Waals surface area contributed by atoms with Crippen LogP contribution in [0.2, 0.25) is 0 Å². The van der Waals surface area contributed by atoms with Crippen LogP contribution in [-0.4, -0.2) is 32.2 Å². The largest absolute Gasteiger partial charge is 0.378 e. The molecular weight excluding hydrogens is 321 g/mol. The van der Waals surface area contributed by atoms with Crippen LogP contribution < -0.4 is 15.5 Å². The van der Waals surface area contributed by atoms with E-state index >= 15 is 0 Å². The lowest BCUT2D eigenvalue weighted by Gasteiger charge is -2.28. The second kappa shape index (κ2) is 6.57. The van der Waals surface area contributed by atoms with E-state index in [1.165, 1.54) is 6.07 Å². The zero-order chi connectivity index (χ0) is 17.2. The van der Waals surface area contributed by atoms with Gasteiger partial charge in [-0.15, -0.1) is 0 Å². The molecule has 0 radical (unpaired) electrons. The molecule has 2 aromatic rings. The van der Waals surface area contributed by atoms with E-state index in [2.05, 4.69) is 15.5 Å². The van der Waals surface area contributed by atoms with Crippen LogP contribution in [0.1, 0.15) is 5.56 Å². The summed E-state index contributed by atoms with van der Waals surface area (Å²) in [5, 5.41) is 5.75. The standard InChI is InChI=1S/C19H18FN3O2/c20-16-2-1-3-17-18(16)15(19(24)22-17)12-21-13-4-6-14(7-5-13)23-8-10-25-11-9-23/h1-7,12,21H,8-11H2,(H,22,24). The average Bonchev–Trinajstić information content (AvgIpc) is 2.98. The number of morpholine rings is 1. The van der Waals surface area contributed by atoms with Gasteiger partial charge in [0, 0.05) is 36.2 Å². The minimum absolute atomic E-state index is 0.297. The van der Waals surface area contributed by atoms with Crippen molar-refractivity contribution in [1.82, 2.24) is 0 Å². The molecule has 0 saturated carbocycles. The highest BCUT2D eigenvalue weighted by Crippen LogP contribution is 2.33. The quantitative estimate of drug-likeness (QED) is 0.844. The summed E-state index contributed by atoms with van der Waals surface area (Å²) >= 11 is 0. The summed E-state index contributed by atoms with van der Waals surface area (Å²) in [6, 6.07) is 12.5. The molecule has 0 atom stereocenters. The highest BCUT2D eigenvalue weighted by atomic mass is 19.1. The Bertz CT molecular complexity index is 827. The monoisotopic (exact) mass is 339 g/mol. The van der Waals surface area contributed by atoms with E-state index in [4.69, 9.17) is 4.74 Å². The van der Waals surface area contributed by atoms with Crippen molar-refractivity contribution in [3.8, 4) is 0 Å². The molecule has 0 spiro atoms. The number of ether oxygens (including phenoxy) is 1. The molecule has 0 unspecified atom stereocenters. The number of nitrogens with one attached hydrogen (secondary N) is 2. The summed E-state index contributed by atoms with van der Waals surface area (Å²) < 4.78 is 19.4. The Labute approximate surface area is 145 Å². The molecule has 2 heterocycles. The number of amides is 1. The molecule has 2 N–H and O–H groups in total. The number of fused-ring (bicyclic) bond motifs is 1. The van der Waals surface area contributed by atoms with Crippen LogP contribution in [0.4, 0.5) is 21.5 Å². The number of benzene rings is 2. The predicted molar refractivity (Wildman–Crippen MR) is 96.1 cm³/mol. The first-order valence-electron chi connectivity index (χ1n) is 8.22. The first-order valence-corrected chi connectivity index (χ1v) is 8.22. The summed E-state index contributed by atoms with van der Waals surface area (Å²) in [5.74, 6) is -0.718. The number of hydrogen-bond acceptors (Lipinski definition) is 4. The normalized spacial score (nSPS) is 18.2. The summed E-state index contributed by atoms with van der Waals surface area (Å²) in [6.45, 7) is 3.25. The minimum atomic E-state index is -0.411. The number of carbonyl (C=O) groups is 1. The molecule has 6 heteroatoms. The fraction of sp³-hybridized carbons (Fsp3) is 0.211. The second-order valence-corrected chi connectivity index (χ2v) is 5.97. The minimum Gasteiger partial charge on any atom is -0.378 e. The van der Waals surface area contributed by atoms with E-state index in [-0.39, 0.29) is 5.91 Å². The van der Waals surface area contributed by atoms with Crippen molar-refractivity contribution >= 4 is 28.5 Å². The lowest BCUT2D eigenvalue weighted by Crippen LogP contribution is -2.36. The molecule has 2 aromatic carbocycles. The van der Waals surface area contributed by atoms with Crippen molar-refractivity contribution in [1.29, 1.82) is 0 Å². The van der Waals surface area contributed by atoms with Crippen LogP contribution in [0.5, 0.6) is 0 Å². The van der Waals surface area contributed by atoms with Gasteiger partial charge in [0.2, 0.25) is 0 Å².